The summed E-state index contributed by atoms with van der Waals surface area (Å²) < 4.78 is 0. The molecule has 0 spiro atoms. The fraction of sp³-hybridized carbons (Fsp3) is 0.429. The smallest absolute Gasteiger partial charge is 0.303 e. The van der Waals surface area contributed by atoms with Crippen LogP contribution in [0.3, 0.4) is 0 Å². The number of aliphatic carboxylic acids is 1. The number of hydrogen-bond donors (Lipinski definition) is 1. The molecule has 0 aliphatic rings. The summed E-state index contributed by atoms with van der Waals surface area (Å²) in [5, 5.41) is 8.59. The van der Waals surface area contributed by atoms with Crippen molar-refractivity contribution in [3.8, 4) is 0 Å². The van der Waals surface area contributed by atoms with E-state index in [1.807, 2.05) is 24.3 Å². The Balaban J connectivity index is 2.57. The van der Waals surface area contributed by atoms with Crippen molar-refractivity contribution in [1.29, 1.82) is 0 Å². The van der Waals surface area contributed by atoms with Gasteiger partial charge in [-0.25, -0.2) is 0 Å². The summed E-state index contributed by atoms with van der Waals surface area (Å²) in [6.07, 6.45) is 2.91. The fourth-order valence-electron chi connectivity index (χ4n) is 1.79. The highest BCUT2D eigenvalue weighted by Crippen LogP contribution is 2.14. The first-order valence-corrected chi connectivity index (χ1v) is 5.87. The van der Waals surface area contributed by atoms with Crippen LogP contribution in [-0.4, -0.2) is 16.9 Å². The van der Waals surface area contributed by atoms with Crippen molar-refractivity contribution in [3.63, 3.8) is 0 Å². The molecule has 0 amide bonds. The Morgan fingerprint density at radius 1 is 1.06 bits per heavy atom. The molecule has 0 fully saturated rings. The molecule has 3 heteroatoms. The van der Waals surface area contributed by atoms with Crippen LogP contribution in [0.5, 0.6) is 0 Å². The fourth-order valence-corrected chi connectivity index (χ4v) is 1.79. The molecule has 1 aromatic rings. The lowest BCUT2D eigenvalue weighted by molar-refractivity contribution is -0.137. The van der Waals surface area contributed by atoms with E-state index in [0.717, 1.165) is 24.0 Å². The van der Waals surface area contributed by atoms with E-state index in [2.05, 4.69) is 0 Å². The van der Waals surface area contributed by atoms with E-state index in [1.54, 1.807) is 6.92 Å². The van der Waals surface area contributed by atoms with Crippen LogP contribution in [0.15, 0.2) is 24.3 Å². The largest absolute Gasteiger partial charge is 0.481 e. The highest BCUT2D eigenvalue weighted by atomic mass is 16.4. The molecule has 1 N–H and O–H groups in total. The number of carbonyl (C=O) groups excluding carboxylic acids is 1. The zero-order valence-corrected chi connectivity index (χ0v) is 10.1. The third kappa shape index (κ3) is 5.29. The maximum absolute atomic E-state index is 11.0. The predicted octanol–water partition coefficient (Wildman–Crippen LogP) is 2.62. The molecule has 0 bridgehead atoms. The molecule has 17 heavy (non-hydrogen) atoms. The van der Waals surface area contributed by atoms with Gasteiger partial charge in [-0.3, -0.25) is 4.79 Å². The highest BCUT2D eigenvalue weighted by molar-refractivity contribution is 5.75. The van der Waals surface area contributed by atoms with Crippen molar-refractivity contribution in [2.24, 2.45) is 0 Å². The van der Waals surface area contributed by atoms with Crippen molar-refractivity contribution in [1.82, 2.24) is 0 Å². The summed E-state index contributed by atoms with van der Waals surface area (Å²) in [5.74, 6) is -0.573. The van der Waals surface area contributed by atoms with Gasteiger partial charge in [0.1, 0.15) is 5.78 Å². The summed E-state index contributed by atoms with van der Waals surface area (Å²) in [6, 6.07) is 7.93. The van der Waals surface area contributed by atoms with Gasteiger partial charge in [0.25, 0.3) is 0 Å². The average molecular weight is 234 g/mol. The number of carboxylic acids is 1. The molecule has 0 aliphatic carbocycles. The van der Waals surface area contributed by atoms with E-state index < -0.39 is 5.97 Å². The van der Waals surface area contributed by atoms with Gasteiger partial charge in [-0.05, 0) is 37.3 Å². The Hall–Kier alpha value is -1.64. The number of rotatable bonds is 7. The highest BCUT2D eigenvalue weighted by Gasteiger charge is 2.04. The molecule has 0 saturated heterocycles. The molecule has 3 nitrogen and oxygen atoms in total. The molecular weight excluding hydrogens is 216 g/mol. The first-order chi connectivity index (χ1) is 8.09. The van der Waals surface area contributed by atoms with E-state index >= 15 is 0 Å². The van der Waals surface area contributed by atoms with Crippen LogP contribution >= 0.6 is 0 Å². The maximum Gasteiger partial charge on any atom is 0.303 e. The van der Waals surface area contributed by atoms with E-state index in [4.69, 9.17) is 5.11 Å². The number of hydrogen-bond acceptors (Lipinski definition) is 2. The van der Waals surface area contributed by atoms with Crippen molar-refractivity contribution in [2.75, 3.05) is 0 Å². The number of ketones is 1. The third-order valence-corrected chi connectivity index (χ3v) is 2.70. The molecule has 0 aromatic heterocycles. The number of carbonyl (C=O) groups is 2. The van der Waals surface area contributed by atoms with E-state index in [9.17, 15) is 9.59 Å². The summed E-state index contributed by atoms with van der Waals surface area (Å²) >= 11 is 0. The molecule has 0 heterocycles. The lowest BCUT2D eigenvalue weighted by Crippen LogP contribution is -2.00. The summed E-state index contributed by atoms with van der Waals surface area (Å²) in [7, 11) is 0. The van der Waals surface area contributed by atoms with Crippen LogP contribution in [0.2, 0.25) is 0 Å². The number of carboxylic acid groups (broad SMARTS) is 1. The van der Waals surface area contributed by atoms with Gasteiger partial charge in [-0.2, -0.15) is 0 Å². The Morgan fingerprint density at radius 2 is 1.65 bits per heavy atom. The van der Waals surface area contributed by atoms with Gasteiger partial charge in [-0.1, -0.05) is 24.3 Å². The average Bonchev–Trinajstić information content (AvgIpc) is 2.27. The lowest BCUT2D eigenvalue weighted by Gasteiger charge is -2.07. The zero-order valence-electron chi connectivity index (χ0n) is 10.1. The molecular formula is C14H18O3. The van der Waals surface area contributed by atoms with Gasteiger partial charge >= 0.3 is 5.97 Å². The molecule has 0 saturated carbocycles. The Labute approximate surface area is 101 Å². The number of aryl methyl sites for hydroxylation is 2. The van der Waals surface area contributed by atoms with Crippen LogP contribution in [0.1, 0.15) is 37.3 Å². The van der Waals surface area contributed by atoms with Gasteiger partial charge in [-0.15, -0.1) is 0 Å². The van der Waals surface area contributed by atoms with E-state index in [-0.39, 0.29) is 12.2 Å². The van der Waals surface area contributed by atoms with Crippen LogP contribution in [-0.2, 0) is 22.4 Å². The summed E-state index contributed by atoms with van der Waals surface area (Å²) in [6.45, 7) is 1.59. The van der Waals surface area contributed by atoms with Crippen LogP contribution in [0.4, 0.5) is 0 Å². The minimum Gasteiger partial charge on any atom is -0.481 e. The third-order valence-electron chi connectivity index (χ3n) is 2.70. The number of benzene rings is 1. The Kier molecular flexibility index (Phi) is 5.40. The van der Waals surface area contributed by atoms with Gasteiger partial charge in [0.2, 0.25) is 0 Å². The quantitative estimate of drug-likeness (QED) is 0.789. The minimum absolute atomic E-state index is 0.185. The van der Waals surface area contributed by atoms with Crippen molar-refractivity contribution in [3.05, 3.63) is 35.4 Å². The minimum atomic E-state index is -0.758. The first kappa shape index (κ1) is 13.4. The van der Waals surface area contributed by atoms with Crippen LogP contribution in [0.25, 0.3) is 0 Å². The van der Waals surface area contributed by atoms with E-state index in [0.29, 0.717) is 12.8 Å². The second-order valence-corrected chi connectivity index (χ2v) is 4.22. The topological polar surface area (TPSA) is 54.4 Å². The van der Waals surface area contributed by atoms with Gasteiger partial charge in [0.15, 0.2) is 0 Å². The van der Waals surface area contributed by atoms with Crippen LogP contribution < -0.4 is 0 Å². The van der Waals surface area contributed by atoms with Crippen molar-refractivity contribution in [2.45, 2.75) is 39.0 Å². The number of Topliss-reactive ketones (excluding diaryl/α,β-unsaturated/α-hetero) is 1. The van der Waals surface area contributed by atoms with Gasteiger partial charge in [0, 0.05) is 12.8 Å². The Morgan fingerprint density at radius 3 is 2.18 bits per heavy atom. The monoisotopic (exact) mass is 234 g/mol. The van der Waals surface area contributed by atoms with Gasteiger partial charge < -0.3 is 9.90 Å². The second-order valence-electron chi connectivity index (χ2n) is 4.22. The molecule has 92 valence electrons. The molecule has 0 aliphatic heterocycles. The normalized spacial score (nSPS) is 10.2. The molecule has 0 unspecified atom stereocenters. The molecule has 1 aromatic carbocycles. The standard InChI is InChI=1S/C14H18O3/c1-11(15)9-10-13-6-3-2-5-12(13)7-4-8-14(16)17/h2-3,5-6H,4,7-10H2,1H3,(H,16,17). The Bertz CT molecular complexity index is 396. The predicted molar refractivity (Wildman–Crippen MR) is 66.0 cm³/mol. The van der Waals surface area contributed by atoms with Crippen LogP contribution in [0, 0.1) is 0 Å². The van der Waals surface area contributed by atoms with Crippen molar-refractivity contribution >= 4 is 11.8 Å². The lowest BCUT2D eigenvalue weighted by atomic mass is 9.98. The maximum atomic E-state index is 11.0. The van der Waals surface area contributed by atoms with Gasteiger partial charge in [0.05, 0.1) is 0 Å². The van der Waals surface area contributed by atoms with E-state index in [1.165, 1.54) is 0 Å². The summed E-state index contributed by atoms with van der Waals surface area (Å²) in [5.41, 5.74) is 2.32. The first-order valence-electron chi connectivity index (χ1n) is 5.87. The second kappa shape index (κ2) is 6.84. The van der Waals surface area contributed by atoms with Crippen molar-refractivity contribution < 1.29 is 14.7 Å². The molecule has 0 radical (unpaired) electrons. The zero-order chi connectivity index (χ0) is 12.7. The summed E-state index contributed by atoms with van der Waals surface area (Å²) in [4.78, 5) is 21.4. The molecule has 0 atom stereocenters. The SMILES string of the molecule is CC(=O)CCc1ccccc1CCCC(=O)O. The molecule has 1 rings (SSSR count).